The van der Waals surface area contributed by atoms with Gasteiger partial charge in [0.15, 0.2) is 5.16 Å². The normalized spacial score (nSPS) is 11.2. The van der Waals surface area contributed by atoms with Crippen LogP contribution < -0.4 is 5.56 Å². The molecule has 32 heavy (non-hydrogen) atoms. The van der Waals surface area contributed by atoms with Crippen molar-refractivity contribution in [2.45, 2.75) is 24.8 Å². The van der Waals surface area contributed by atoms with Crippen molar-refractivity contribution in [3.63, 3.8) is 0 Å². The number of thiophene rings is 1. The van der Waals surface area contributed by atoms with Crippen LogP contribution in [-0.2, 0) is 12.8 Å². The van der Waals surface area contributed by atoms with Crippen molar-refractivity contribution in [2.75, 3.05) is 14.1 Å². The van der Waals surface area contributed by atoms with Gasteiger partial charge in [-0.15, -0.1) is 11.3 Å². The number of carbonyl (C=O) groups excluding carboxylic acids is 1. The Hall–Kier alpha value is -2.90. The molecule has 0 saturated carbocycles. The Morgan fingerprint density at radius 3 is 2.62 bits per heavy atom. The first kappa shape index (κ1) is 22.3. The lowest BCUT2D eigenvalue weighted by Gasteiger charge is -2.11. The van der Waals surface area contributed by atoms with Crippen LogP contribution in [0.2, 0.25) is 0 Å². The number of carbonyl (C=O) groups is 1. The summed E-state index contributed by atoms with van der Waals surface area (Å²) in [4.78, 5) is 32.6. The van der Waals surface area contributed by atoms with E-state index in [2.05, 4.69) is 32.0 Å². The summed E-state index contributed by atoms with van der Waals surface area (Å²) in [5.41, 5.74) is 6.04. The van der Waals surface area contributed by atoms with E-state index in [1.807, 2.05) is 29.6 Å². The quantitative estimate of drug-likeness (QED) is 0.299. The molecule has 0 aliphatic heterocycles. The summed E-state index contributed by atoms with van der Waals surface area (Å²) in [5.74, 6) is 0.594. The van der Waals surface area contributed by atoms with Crippen molar-refractivity contribution >= 4 is 39.2 Å². The minimum Gasteiger partial charge on any atom is -0.345 e. The molecular formula is C25H25N3O2S2. The summed E-state index contributed by atoms with van der Waals surface area (Å²) < 4.78 is 1.62. The van der Waals surface area contributed by atoms with Gasteiger partial charge in [0, 0.05) is 43.4 Å². The van der Waals surface area contributed by atoms with E-state index in [4.69, 9.17) is 4.98 Å². The van der Waals surface area contributed by atoms with Gasteiger partial charge in [0.05, 0.1) is 5.39 Å². The zero-order valence-electron chi connectivity index (χ0n) is 18.8. The number of nitrogens with zero attached hydrogens (tertiary/aromatic N) is 3. The summed E-state index contributed by atoms with van der Waals surface area (Å²) in [5, 5.41) is 3.36. The van der Waals surface area contributed by atoms with E-state index >= 15 is 0 Å². The molecule has 0 N–H and O–H groups in total. The number of benzene rings is 2. The van der Waals surface area contributed by atoms with E-state index in [1.165, 1.54) is 34.2 Å². The lowest BCUT2D eigenvalue weighted by molar-refractivity contribution is 0.0827. The van der Waals surface area contributed by atoms with Gasteiger partial charge in [-0.05, 0) is 48.2 Å². The van der Waals surface area contributed by atoms with Crippen molar-refractivity contribution in [2.24, 2.45) is 7.05 Å². The van der Waals surface area contributed by atoms with Crippen LogP contribution in [0.1, 0.15) is 27.0 Å². The van der Waals surface area contributed by atoms with Crippen LogP contribution in [0.4, 0.5) is 0 Å². The molecule has 0 fully saturated rings. The van der Waals surface area contributed by atoms with E-state index in [9.17, 15) is 9.59 Å². The van der Waals surface area contributed by atoms with Crippen molar-refractivity contribution in [1.82, 2.24) is 14.5 Å². The van der Waals surface area contributed by atoms with Gasteiger partial charge in [-0.25, -0.2) is 4.98 Å². The fourth-order valence-electron chi connectivity index (χ4n) is 3.50. The molecule has 2 heterocycles. The average Bonchev–Trinajstić information content (AvgIpc) is 3.20. The van der Waals surface area contributed by atoms with Gasteiger partial charge in [-0.3, -0.25) is 14.2 Å². The number of aromatic nitrogens is 2. The number of hydrogen-bond donors (Lipinski definition) is 0. The molecule has 2 aromatic heterocycles. The molecule has 0 aliphatic rings. The third-order valence-corrected chi connectivity index (χ3v) is 7.51. The van der Waals surface area contributed by atoms with Gasteiger partial charge in [0.2, 0.25) is 0 Å². The minimum absolute atomic E-state index is 0.0266. The summed E-state index contributed by atoms with van der Waals surface area (Å²) in [7, 11) is 5.25. The Morgan fingerprint density at radius 1 is 1.12 bits per heavy atom. The molecular weight excluding hydrogens is 438 g/mol. The highest BCUT2D eigenvalue weighted by Crippen LogP contribution is 2.33. The Labute approximate surface area is 195 Å². The van der Waals surface area contributed by atoms with E-state index < -0.39 is 0 Å². The fourth-order valence-corrected chi connectivity index (χ4v) is 5.41. The maximum Gasteiger partial charge on any atom is 0.263 e. The lowest BCUT2D eigenvalue weighted by Crippen LogP contribution is -2.21. The maximum absolute atomic E-state index is 13.3. The summed E-state index contributed by atoms with van der Waals surface area (Å²) in [6.45, 7) is 4.17. The fraction of sp³-hybridized carbons (Fsp3) is 0.240. The van der Waals surface area contributed by atoms with Gasteiger partial charge < -0.3 is 4.90 Å². The Bertz CT molecular complexity index is 1390. The Kier molecular flexibility index (Phi) is 6.22. The number of hydrogen-bond acceptors (Lipinski definition) is 5. The van der Waals surface area contributed by atoms with Crippen LogP contribution in [0.3, 0.4) is 0 Å². The molecule has 164 valence electrons. The molecule has 7 heteroatoms. The molecule has 0 aliphatic carbocycles. The Balaban J connectivity index is 1.65. The van der Waals surface area contributed by atoms with E-state index in [1.54, 1.807) is 30.6 Å². The van der Waals surface area contributed by atoms with Crippen molar-refractivity contribution in [1.29, 1.82) is 0 Å². The SMILES string of the molecule is Cc1ccc(-c2csc3nc(SCc4cccc(C(=O)N(C)C)c4)n(C)c(=O)c23)cc1C. The van der Waals surface area contributed by atoms with E-state index in [0.717, 1.165) is 21.5 Å². The van der Waals surface area contributed by atoms with Crippen LogP contribution in [0, 0.1) is 13.8 Å². The molecule has 1 amide bonds. The van der Waals surface area contributed by atoms with E-state index in [-0.39, 0.29) is 11.5 Å². The minimum atomic E-state index is -0.0384. The van der Waals surface area contributed by atoms with Crippen molar-refractivity contribution in [3.8, 4) is 11.1 Å². The number of amides is 1. The van der Waals surface area contributed by atoms with Gasteiger partial charge >= 0.3 is 0 Å². The number of thioether (sulfide) groups is 1. The highest BCUT2D eigenvalue weighted by atomic mass is 32.2. The zero-order chi connectivity index (χ0) is 23.0. The molecule has 0 spiro atoms. The van der Waals surface area contributed by atoms with Crippen LogP contribution in [0.15, 0.2) is 57.8 Å². The monoisotopic (exact) mass is 463 g/mol. The second-order valence-electron chi connectivity index (χ2n) is 8.08. The molecule has 5 nitrogen and oxygen atoms in total. The van der Waals surface area contributed by atoms with Gasteiger partial charge in [-0.1, -0.05) is 42.1 Å². The standard InChI is InChI=1S/C25H25N3O2S2/c1-15-9-10-18(11-16(15)2)20-14-31-22-21(20)24(30)28(5)25(26-22)32-13-17-7-6-8-19(12-17)23(29)27(3)4/h6-12,14H,13H2,1-5H3. The predicted octanol–water partition coefficient (Wildman–Crippen LogP) is 5.27. The largest absolute Gasteiger partial charge is 0.345 e. The van der Waals surface area contributed by atoms with Crippen molar-refractivity contribution < 1.29 is 4.79 Å². The highest BCUT2D eigenvalue weighted by Gasteiger charge is 2.16. The second kappa shape index (κ2) is 8.92. The zero-order valence-corrected chi connectivity index (χ0v) is 20.4. The van der Waals surface area contributed by atoms with E-state index in [0.29, 0.717) is 21.9 Å². The molecule has 0 bridgehead atoms. The third kappa shape index (κ3) is 4.23. The number of fused-ring (bicyclic) bond motifs is 1. The lowest BCUT2D eigenvalue weighted by atomic mass is 10.0. The molecule has 2 aromatic carbocycles. The first-order valence-corrected chi connectivity index (χ1v) is 12.1. The number of rotatable bonds is 5. The molecule has 4 rings (SSSR count). The van der Waals surface area contributed by atoms with Crippen LogP contribution in [0.25, 0.3) is 21.3 Å². The predicted molar refractivity (Wildman–Crippen MR) is 134 cm³/mol. The van der Waals surface area contributed by atoms with Gasteiger partial charge in [0.25, 0.3) is 11.5 Å². The smallest absolute Gasteiger partial charge is 0.263 e. The van der Waals surface area contributed by atoms with Crippen molar-refractivity contribution in [3.05, 3.63) is 80.5 Å². The average molecular weight is 464 g/mol. The first-order chi connectivity index (χ1) is 15.3. The van der Waals surface area contributed by atoms with Crippen LogP contribution >= 0.6 is 23.1 Å². The molecule has 4 aromatic rings. The third-order valence-electron chi connectivity index (χ3n) is 5.54. The topological polar surface area (TPSA) is 55.2 Å². The van der Waals surface area contributed by atoms with Crippen LogP contribution in [-0.4, -0.2) is 34.5 Å². The first-order valence-electron chi connectivity index (χ1n) is 10.3. The highest BCUT2D eigenvalue weighted by molar-refractivity contribution is 7.98. The van der Waals surface area contributed by atoms with Gasteiger partial charge in [0.1, 0.15) is 4.83 Å². The molecule has 0 atom stereocenters. The molecule has 0 radical (unpaired) electrons. The summed E-state index contributed by atoms with van der Waals surface area (Å²) in [6, 6.07) is 13.9. The summed E-state index contributed by atoms with van der Waals surface area (Å²) in [6.07, 6.45) is 0. The summed E-state index contributed by atoms with van der Waals surface area (Å²) >= 11 is 3.00. The van der Waals surface area contributed by atoms with Gasteiger partial charge in [-0.2, -0.15) is 0 Å². The Morgan fingerprint density at radius 2 is 1.91 bits per heavy atom. The maximum atomic E-state index is 13.3. The molecule has 0 saturated heterocycles. The second-order valence-corrected chi connectivity index (χ2v) is 9.88. The molecule has 0 unspecified atom stereocenters. The van der Waals surface area contributed by atoms with Crippen LogP contribution in [0.5, 0.6) is 0 Å². The number of aryl methyl sites for hydroxylation is 2.